The highest BCUT2D eigenvalue weighted by molar-refractivity contribution is 6.01. The van der Waals surface area contributed by atoms with Crippen molar-refractivity contribution in [2.24, 2.45) is 0 Å². The Bertz CT molecular complexity index is 850. The first-order valence-electron chi connectivity index (χ1n) is 8.99. The number of para-hydroxylation sites is 1. The standard InChI is InChI=1S/C21H22N2O4/c1-2-22(19(24)14-15-7-6-8-16(13-15)21(26)27)18-11-12-23(20(18)25)17-9-4-3-5-10-17/h3-10,13,18H,2,11-12,14H2,1H3,(H,26,27). The molecule has 1 saturated heterocycles. The molecule has 27 heavy (non-hydrogen) atoms. The molecular formula is C21H22N2O4. The number of aromatic carboxylic acids is 1. The fraction of sp³-hybridized carbons (Fsp3) is 0.286. The van der Waals surface area contributed by atoms with Crippen LogP contribution in [0.3, 0.4) is 0 Å². The Hall–Kier alpha value is -3.15. The maximum Gasteiger partial charge on any atom is 0.335 e. The molecule has 0 bridgehead atoms. The summed E-state index contributed by atoms with van der Waals surface area (Å²) in [5, 5.41) is 9.10. The minimum Gasteiger partial charge on any atom is -0.478 e. The zero-order chi connectivity index (χ0) is 19.4. The molecule has 6 nitrogen and oxygen atoms in total. The number of carbonyl (C=O) groups excluding carboxylic acids is 2. The first kappa shape index (κ1) is 18.6. The van der Waals surface area contributed by atoms with Crippen LogP contribution >= 0.6 is 0 Å². The van der Waals surface area contributed by atoms with Crippen molar-refractivity contribution in [2.75, 3.05) is 18.0 Å². The van der Waals surface area contributed by atoms with E-state index in [1.807, 2.05) is 37.3 Å². The van der Waals surface area contributed by atoms with Gasteiger partial charge in [-0.05, 0) is 43.2 Å². The molecule has 2 aromatic carbocycles. The number of anilines is 1. The van der Waals surface area contributed by atoms with Crippen LogP contribution in [0, 0.1) is 0 Å². The summed E-state index contributed by atoms with van der Waals surface area (Å²) in [5.41, 5.74) is 1.61. The number of likely N-dealkylation sites (N-methyl/N-ethyl adjacent to an activating group) is 1. The Balaban J connectivity index is 1.73. The lowest BCUT2D eigenvalue weighted by atomic mass is 10.1. The Kier molecular flexibility index (Phi) is 5.54. The number of benzene rings is 2. The summed E-state index contributed by atoms with van der Waals surface area (Å²) in [6.07, 6.45) is 0.659. The predicted octanol–water partition coefficient (Wildman–Crippen LogP) is 2.58. The van der Waals surface area contributed by atoms with Crippen molar-refractivity contribution in [2.45, 2.75) is 25.8 Å². The molecule has 1 aliphatic heterocycles. The van der Waals surface area contributed by atoms with Gasteiger partial charge in [-0.2, -0.15) is 0 Å². The summed E-state index contributed by atoms with van der Waals surface area (Å²) in [7, 11) is 0. The number of carboxylic acid groups (broad SMARTS) is 1. The lowest BCUT2D eigenvalue weighted by Gasteiger charge is -2.27. The highest BCUT2D eigenvalue weighted by Gasteiger charge is 2.38. The van der Waals surface area contributed by atoms with Crippen LogP contribution in [0.5, 0.6) is 0 Å². The summed E-state index contributed by atoms with van der Waals surface area (Å²) in [4.78, 5) is 40.1. The van der Waals surface area contributed by atoms with Gasteiger partial charge < -0.3 is 14.9 Å². The van der Waals surface area contributed by atoms with E-state index in [0.717, 1.165) is 5.69 Å². The van der Waals surface area contributed by atoms with Gasteiger partial charge in [-0.15, -0.1) is 0 Å². The minimum atomic E-state index is -1.03. The molecule has 1 N–H and O–H groups in total. The Morgan fingerprint density at radius 3 is 2.56 bits per heavy atom. The molecule has 1 fully saturated rings. The molecule has 1 atom stereocenters. The zero-order valence-corrected chi connectivity index (χ0v) is 15.2. The van der Waals surface area contributed by atoms with Crippen LogP contribution in [0.4, 0.5) is 5.69 Å². The van der Waals surface area contributed by atoms with Crippen LogP contribution in [0.2, 0.25) is 0 Å². The van der Waals surface area contributed by atoms with Crippen molar-refractivity contribution >= 4 is 23.5 Å². The Morgan fingerprint density at radius 1 is 1.15 bits per heavy atom. The Morgan fingerprint density at radius 2 is 1.89 bits per heavy atom. The van der Waals surface area contributed by atoms with E-state index in [9.17, 15) is 14.4 Å². The molecule has 0 aromatic heterocycles. The molecule has 0 spiro atoms. The van der Waals surface area contributed by atoms with E-state index in [2.05, 4.69) is 0 Å². The van der Waals surface area contributed by atoms with E-state index < -0.39 is 12.0 Å². The summed E-state index contributed by atoms with van der Waals surface area (Å²) in [5.74, 6) is -1.27. The smallest absolute Gasteiger partial charge is 0.335 e. The minimum absolute atomic E-state index is 0.0734. The second-order valence-electron chi connectivity index (χ2n) is 6.49. The second-order valence-corrected chi connectivity index (χ2v) is 6.49. The summed E-state index contributed by atoms with van der Waals surface area (Å²) < 4.78 is 0. The molecule has 0 saturated carbocycles. The molecule has 0 radical (unpaired) electrons. The zero-order valence-electron chi connectivity index (χ0n) is 15.2. The molecule has 3 rings (SSSR count). The van der Waals surface area contributed by atoms with Crippen molar-refractivity contribution in [3.63, 3.8) is 0 Å². The predicted molar refractivity (Wildman–Crippen MR) is 102 cm³/mol. The number of nitrogens with zero attached hydrogens (tertiary/aromatic N) is 2. The van der Waals surface area contributed by atoms with E-state index in [1.54, 1.807) is 21.9 Å². The number of carbonyl (C=O) groups is 3. The van der Waals surface area contributed by atoms with Crippen LogP contribution in [0.15, 0.2) is 54.6 Å². The van der Waals surface area contributed by atoms with Gasteiger partial charge in [0.05, 0.1) is 12.0 Å². The monoisotopic (exact) mass is 366 g/mol. The first-order valence-corrected chi connectivity index (χ1v) is 8.99. The number of rotatable bonds is 6. The van der Waals surface area contributed by atoms with Crippen LogP contribution in [-0.2, 0) is 16.0 Å². The van der Waals surface area contributed by atoms with Crippen molar-refractivity contribution in [3.8, 4) is 0 Å². The SMILES string of the molecule is CCN(C(=O)Cc1cccc(C(=O)O)c1)C1CCN(c2ccccc2)C1=O. The molecular weight excluding hydrogens is 344 g/mol. The summed E-state index contributed by atoms with van der Waals surface area (Å²) in [6, 6.07) is 15.3. The van der Waals surface area contributed by atoms with E-state index in [4.69, 9.17) is 5.11 Å². The van der Waals surface area contributed by atoms with Gasteiger partial charge in [0.15, 0.2) is 0 Å². The van der Waals surface area contributed by atoms with Gasteiger partial charge in [-0.1, -0.05) is 30.3 Å². The summed E-state index contributed by atoms with van der Waals surface area (Å²) in [6.45, 7) is 2.85. The van der Waals surface area contributed by atoms with Gasteiger partial charge in [-0.3, -0.25) is 9.59 Å². The van der Waals surface area contributed by atoms with Crippen LogP contribution in [0.25, 0.3) is 0 Å². The van der Waals surface area contributed by atoms with E-state index in [0.29, 0.717) is 25.1 Å². The van der Waals surface area contributed by atoms with E-state index in [1.165, 1.54) is 12.1 Å². The topological polar surface area (TPSA) is 77.9 Å². The molecule has 1 aliphatic rings. The number of amides is 2. The fourth-order valence-electron chi connectivity index (χ4n) is 3.48. The van der Waals surface area contributed by atoms with Crippen molar-refractivity contribution < 1.29 is 19.5 Å². The molecule has 1 heterocycles. The van der Waals surface area contributed by atoms with E-state index >= 15 is 0 Å². The average Bonchev–Trinajstić information content (AvgIpc) is 3.04. The number of carboxylic acids is 1. The molecule has 0 aliphatic carbocycles. The molecule has 6 heteroatoms. The largest absolute Gasteiger partial charge is 0.478 e. The molecule has 2 amide bonds. The highest BCUT2D eigenvalue weighted by atomic mass is 16.4. The average molecular weight is 366 g/mol. The fourth-order valence-corrected chi connectivity index (χ4v) is 3.48. The highest BCUT2D eigenvalue weighted by Crippen LogP contribution is 2.24. The molecule has 1 unspecified atom stereocenters. The van der Waals surface area contributed by atoms with Crippen molar-refractivity contribution in [1.82, 2.24) is 4.90 Å². The first-order chi connectivity index (χ1) is 13.0. The van der Waals surface area contributed by atoms with Gasteiger partial charge in [0.1, 0.15) is 6.04 Å². The van der Waals surface area contributed by atoms with Crippen LogP contribution in [-0.4, -0.2) is 46.9 Å². The molecule has 140 valence electrons. The number of hydrogen-bond acceptors (Lipinski definition) is 3. The maximum atomic E-state index is 12.9. The van der Waals surface area contributed by atoms with Gasteiger partial charge in [0, 0.05) is 18.8 Å². The third-order valence-electron chi connectivity index (χ3n) is 4.81. The Labute approximate surface area is 158 Å². The third-order valence-corrected chi connectivity index (χ3v) is 4.81. The quantitative estimate of drug-likeness (QED) is 0.852. The van der Waals surface area contributed by atoms with Gasteiger partial charge in [0.25, 0.3) is 0 Å². The van der Waals surface area contributed by atoms with Crippen molar-refractivity contribution in [3.05, 3.63) is 65.7 Å². The third kappa shape index (κ3) is 4.00. The summed E-state index contributed by atoms with van der Waals surface area (Å²) >= 11 is 0. The van der Waals surface area contributed by atoms with E-state index in [-0.39, 0.29) is 23.8 Å². The maximum absolute atomic E-state index is 12.9. The molecule has 2 aromatic rings. The lowest BCUT2D eigenvalue weighted by Crippen LogP contribution is -2.45. The van der Waals surface area contributed by atoms with Crippen molar-refractivity contribution in [1.29, 1.82) is 0 Å². The second kappa shape index (κ2) is 8.03. The normalized spacial score (nSPS) is 16.4. The van der Waals surface area contributed by atoms with Gasteiger partial charge in [-0.25, -0.2) is 4.79 Å². The van der Waals surface area contributed by atoms with Crippen LogP contribution < -0.4 is 4.90 Å². The number of hydrogen-bond donors (Lipinski definition) is 1. The van der Waals surface area contributed by atoms with Crippen LogP contribution in [0.1, 0.15) is 29.3 Å². The van der Waals surface area contributed by atoms with Gasteiger partial charge in [0.2, 0.25) is 11.8 Å². The van der Waals surface area contributed by atoms with Gasteiger partial charge >= 0.3 is 5.97 Å². The lowest BCUT2D eigenvalue weighted by molar-refractivity contribution is -0.137.